The van der Waals surface area contributed by atoms with Crippen LogP contribution in [0.1, 0.15) is 0 Å². The average Bonchev–Trinajstić information content (AvgIpc) is 3.66. The van der Waals surface area contributed by atoms with Crippen LogP contribution in [0.2, 0.25) is 5.15 Å². The fraction of sp³-hybridized carbons (Fsp3) is 0.222. The number of halogens is 2. The van der Waals surface area contributed by atoms with Gasteiger partial charge in [-0.15, -0.1) is 0 Å². The Balaban J connectivity index is 0.000000211. The van der Waals surface area contributed by atoms with E-state index in [4.69, 9.17) is 21.1 Å². The van der Waals surface area contributed by atoms with Gasteiger partial charge in [0.05, 0.1) is 15.5 Å². The van der Waals surface area contributed by atoms with E-state index in [0.29, 0.717) is 16.7 Å². The van der Waals surface area contributed by atoms with Crippen LogP contribution in [0.3, 0.4) is 0 Å². The highest BCUT2D eigenvalue weighted by Gasteiger charge is 2.15. The van der Waals surface area contributed by atoms with E-state index in [-0.39, 0.29) is 25.0 Å². The Kier molecular flexibility index (Phi) is 11.5. The molecule has 6 aromatic rings. The van der Waals surface area contributed by atoms with Crippen LogP contribution in [0.15, 0.2) is 89.8 Å². The first-order valence-corrected chi connectivity index (χ1v) is 16.6. The van der Waals surface area contributed by atoms with Crippen LogP contribution in [0.4, 0.5) is 0 Å². The summed E-state index contributed by atoms with van der Waals surface area (Å²) in [7, 11) is 10.5. The second-order valence-corrected chi connectivity index (χ2v) is 12.9. The maximum Gasteiger partial charge on any atom is 0.259 e. The number of hydrogen-bond acceptors (Lipinski definition) is 8. The van der Waals surface area contributed by atoms with Gasteiger partial charge in [0.1, 0.15) is 28.0 Å². The summed E-state index contributed by atoms with van der Waals surface area (Å²) in [5, 5.41) is 9.43. The lowest BCUT2D eigenvalue weighted by Crippen LogP contribution is -2.27. The molecule has 0 saturated heterocycles. The smallest absolute Gasteiger partial charge is 0.259 e. The van der Waals surface area contributed by atoms with Crippen LogP contribution in [-0.2, 0) is 23.7 Å². The Morgan fingerprint density at radius 1 is 0.720 bits per heavy atom. The molecule has 0 aliphatic rings. The molecule has 0 N–H and O–H groups in total. The van der Waals surface area contributed by atoms with Gasteiger partial charge in [-0.05, 0) is 82.7 Å². The molecule has 4 heterocycles. The summed E-state index contributed by atoms with van der Waals surface area (Å²) in [5.74, 6) is 1.12. The zero-order valence-corrected chi connectivity index (χ0v) is 30.8. The Morgan fingerprint density at radius 2 is 1.24 bits per heavy atom. The summed E-state index contributed by atoms with van der Waals surface area (Å²) < 4.78 is 15.4. The van der Waals surface area contributed by atoms with E-state index in [1.54, 1.807) is 43.6 Å². The second kappa shape index (κ2) is 16.0. The number of aromatic nitrogens is 6. The summed E-state index contributed by atoms with van der Waals surface area (Å²) in [4.78, 5) is 35.0. The van der Waals surface area contributed by atoms with Gasteiger partial charge >= 0.3 is 0 Å². The first-order chi connectivity index (χ1) is 23.9. The number of pyridine rings is 2. The lowest BCUT2D eigenvalue weighted by molar-refractivity contribution is -0.131. The van der Waals surface area contributed by atoms with Crippen LogP contribution >= 0.6 is 27.5 Å². The number of nitrogens with zero attached hydrogens (tertiary/aromatic N) is 8. The number of carbonyl (C=O) groups is 2. The van der Waals surface area contributed by atoms with Gasteiger partial charge in [-0.3, -0.25) is 23.9 Å². The van der Waals surface area contributed by atoms with Crippen molar-refractivity contribution in [3.8, 4) is 45.1 Å². The van der Waals surface area contributed by atoms with Crippen LogP contribution < -0.4 is 9.47 Å². The minimum Gasteiger partial charge on any atom is -0.484 e. The predicted octanol–water partition coefficient (Wildman–Crippen LogP) is 6.13. The van der Waals surface area contributed by atoms with E-state index in [1.165, 1.54) is 9.80 Å². The van der Waals surface area contributed by atoms with Gasteiger partial charge in [-0.1, -0.05) is 11.6 Å². The Hall–Kier alpha value is -5.27. The molecular formula is C36H36BrClN8O4. The highest BCUT2D eigenvalue weighted by molar-refractivity contribution is 9.10. The van der Waals surface area contributed by atoms with Crippen molar-refractivity contribution in [1.82, 2.24) is 39.3 Å². The number of aryl methyl sites for hydroxylation is 2. The molecule has 50 heavy (non-hydrogen) atoms. The van der Waals surface area contributed by atoms with Crippen molar-refractivity contribution in [2.24, 2.45) is 14.1 Å². The molecule has 0 atom stereocenters. The number of rotatable bonds is 9. The molecule has 2 amide bonds. The van der Waals surface area contributed by atoms with Crippen LogP contribution in [0, 0.1) is 0 Å². The van der Waals surface area contributed by atoms with E-state index in [0.717, 1.165) is 49.1 Å². The van der Waals surface area contributed by atoms with E-state index in [2.05, 4.69) is 36.1 Å². The largest absolute Gasteiger partial charge is 0.484 e. The summed E-state index contributed by atoms with van der Waals surface area (Å²) in [6.45, 7) is 0.0408. The molecule has 0 unspecified atom stereocenters. The van der Waals surface area contributed by atoms with Crippen LogP contribution in [0.5, 0.6) is 11.5 Å². The number of benzene rings is 2. The quantitative estimate of drug-likeness (QED) is 0.162. The fourth-order valence-electron chi connectivity index (χ4n) is 4.66. The lowest BCUT2D eigenvalue weighted by Gasteiger charge is -2.11. The molecule has 0 aliphatic heterocycles. The van der Waals surface area contributed by atoms with Crippen molar-refractivity contribution in [2.45, 2.75) is 0 Å². The van der Waals surface area contributed by atoms with E-state index in [1.807, 2.05) is 93.3 Å². The molecule has 258 valence electrons. The Labute approximate surface area is 303 Å². The van der Waals surface area contributed by atoms with Gasteiger partial charge in [0.25, 0.3) is 11.8 Å². The number of fused-ring (bicyclic) bond motifs is 1. The standard InChI is InChI=1S/C22H20ClN5O2.C14H16BrN3O2/c1-27(2)21(29)13-30-16-6-4-14(5-7-16)22-17(12-28(3)26-22)15-10-19-18(24-11-15)8-9-20(23)25-19;1-17(2)13(19)9-20-11-6-4-10(5-7-11)14-12(15)8-18(3)16-14/h4-12H,13H2,1-3H3;4-8H,9H2,1-3H3. The Morgan fingerprint density at radius 3 is 1.76 bits per heavy atom. The second-order valence-electron chi connectivity index (χ2n) is 11.7. The highest BCUT2D eigenvalue weighted by Crippen LogP contribution is 2.33. The molecule has 4 aromatic heterocycles. The highest BCUT2D eigenvalue weighted by atomic mass is 79.9. The third kappa shape index (κ3) is 9.04. The van der Waals surface area contributed by atoms with Crippen molar-refractivity contribution in [3.63, 3.8) is 0 Å². The topological polar surface area (TPSA) is 121 Å². The zero-order valence-electron chi connectivity index (χ0n) is 28.5. The average molecular weight is 760 g/mol. The molecule has 2 aromatic carbocycles. The van der Waals surface area contributed by atoms with Crippen molar-refractivity contribution in [2.75, 3.05) is 41.4 Å². The number of likely N-dealkylation sites (N-methyl/N-ethyl adjacent to an activating group) is 2. The molecule has 14 heteroatoms. The van der Waals surface area contributed by atoms with Gasteiger partial charge in [-0.2, -0.15) is 10.2 Å². The third-order valence-electron chi connectivity index (χ3n) is 7.41. The molecule has 6 rings (SSSR count). The molecule has 0 aliphatic carbocycles. The molecule has 0 spiro atoms. The maximum atomic E-state index is 11.7. The van der Waals surface area contributed by atoms with Gasteiger partial charge in [0.2, 0.25) is 0 Å². The normalized spacial score (nSPS) is 10.7. The molecule has 0 fully saturated rings. The number of carbonyl (C=O) groups excluding carboxylic acids is 2. The predicted molar refractivity (Wildman–Crippen MR) is 197 cm³/mol. The summed E-state index contributed by atoms with van der Waals surface area (Å²) in [6.07, 6.45) is 5.65. The van der Waals surface area contributed by atoms with Crippen molar-refractivity contribution < 1.29 is 19.1 Å². The third-order valence-corrected chi connectivity index (χ3v) is 8.20. The van der Waals surface area contributed by atoms with Gasteiger partial charge in [0, 0.05) is 83.1 Å². The molecule has 12 nitrogen and oxygen atoms in total. The van der Waals surface area contributed by atoms with E-state index in [9.17, 15) is 9.59 Å². The SMILES string of the molecule is CN(C)C(=O)COc1ccc(-c2nn(C)cc2-c2cnc3ccc(Cl)nc3c2)cc1.CN(C)C(=O)COc1ccc(-c2nn(C)cc2Br)cc1. The lowest BCUT2D eigenvalue weighted by atomic mass is 10.0. The number of ether oxygens (including phenoxy) is 2. The van der Waals surface area contributed by atoms with Crippen molar-refractivity contribution in [3.05, 3.63) is 94.9 Å². The van der Waals surface area contributed by atoms with Crippen LogP contribution in [0.25, 0.3) is 44.7 Å². The van der Waals surface area contributed by atoms with E-state index < -0.39 is 0 Å². The molecule has 0 saturated carbocycles. The maximum absolute atomic E-state index is 11.7. The van der Waals surface area contributed by atoms with Gasteiger partial charge in [0.15, 0.2) is 13.2 Å². The minimum absolute atomic E-state index is 0.000494. The number of hydrogen-bond donors (Lipinski definition) is 0. The van der Waals surface area contributed by atoms with Crippen molar-refractivity contribution in [1.29, 1.82) is 0 Å². The number of amides is 2. The molecular weight excluding hydrogens is 724 g/mol. The molecule has 0 bridgehead atoms. The first kappa shape index (κ1) is 36.0. The van der Waals surface area contributed by atoms with Gasteiger partial charge < -0.3 is 19.3 Å². The fourth-order valence-corrected chi connectivity index (χ4v) is 5.42. The minimum atomic E-state index is -0.0939. The van der Waals surface area contributed by atoms with Crippen molar-refractivity contribution >= 4 is 50.4 Å². The monoisotopic (exact) mass is 758 g/mol. The molecule has 0 radical (unpaired) electrons. The zero-order chi connectivity index (χ0) is 35.9. The Bertz CT molecular complexity index is 2110. The van der Waals surface area contributed by atoms with E-state index >= 15 is 0 Å². The van der Waals surface area contributed by atoms with Crippen LogP contribution in [-0.4, -0.2) is 92.5 Å². The summed E-state index contributed by atoms with van der Waals surface area (Å²) in [6, 6.07) is 20.5. The first-order valence-electron chi connectivity index (χ1n) is 15.4. The van der Waals surface area contributed by atoms with Gasteiger partial charge in [-0.25, -0.2) is 4.98 Å². The summed E-state index contributed by atoms with van der Waals surface area (Å²) >= 11 is 9.51. The summed E-state index contributed by atoms with van der Waals surface area (Å²) in [5.41, 5.74) is 6.95.